The molecular formula is C31H34N2O4. The van der Waals surface area contributed by atoms with Gasteiger partial charge < -0.3 is 19.6 Å². The first-order chi connectivity index (χ1) is 18.1. The van der Waals surface area contributed by atoms with Crippen LogP contribution in [0.1, 0.15) is 42.0 Å². The van der Waals surface area contributed by atoms with Crippen molar-refractivity contribution in [3.8, 4) is 16.9 Å². The predicted octanol–water partition coefficient (Wildman–Crippen LogP) is 5.84. The number of esters is 1. The Bertz CT molecular complexity index is 1370. The van der Waals surface area contributed by atoms with Gasteiger partial charge in [-0.1, -0.05) is 36.4 Å². The molecule has 3 aromatic carbocycles. The molecule has 0 aliphatic carbocycles. The number of carbonyl (C=O) groups excluding carboxylic acids is 1. The van der Waals surface area contributed by atoms with Crippen LogP contribution in [0, 0.1) is 0 Å². The largest absolute Gasteiger partial charge is 0.488 e. The van der Waals surface area contributed by atoms with Crippen molar-refractivity contribution in [3.05, 3.63) is 89.2 Å². The minimum atomic E-state index is -0.261. The van der Waals surface area contributed by atoms with Crippen LogP contribution in [0.4, 0.5) is 0 Å². The molecule has 0 unspecified atom stereocenters. The first kappa shape index (κ1) is 25.1. The van der Waals surface area contributed by atoms with Crippen molar-refractivity contribution < 1.29 is 18.7 Å². The van der Waals surface area contributed by atoms with Crippen LogP contribution >= 0.6 is 0 Å². The molecule has 0 spiro atoms. The lowest BCUT2D eigenvalue weighted by molar-refractivity contribution is -0.142. The maximum atomic E-state index is 12.1. The summed E-state index contributed by atoms with van der Waals surface area (Å²) in [6.07, 6.45) is 4.46. The van der Waals surface area contributed by atoms with Crippen molar-refractivity contribution >= 4 is 16.9 Å². The van der Waals surface area contributed by atoms with E-state index < -0.39 is 0 Å². The minimum absolute atomic E-state index is 0.178. The van der Waals surface area contributed by atoms with E-state index in [1.165, 1.54) is 18.4 Å². The second kappa shape index (κ2) is 11.6. The summed E-state index contributed by atoms with van der Waals surface area (Å²) < 4.78 is 17.5. The highest BCUT2D eigenvalue weighted by atomic mass is 16.5. The molecule has 0 saturated carbocycles. The molecule has 0 radical (unpaired) electrons. The summed E-state index contributed by atoms with van der Waals surface area (Å²) >= 11 is 0. The number of likely N-dealkylation sites (tertiary alicyclic amines) is 1. The van der Waals surface area contributed by atoms with Crippen LogP contribution in [0.5, 0.6) is 5.75 Å². The molecule has 1 aliphatic heterocycles. The van der Waals surface area contributed by atoms with Crippen LogP contribution in [0.25, 0.3) is 22.1 Å². The van der Waals surface area contributed by atoms with Gasteiger partial charge in [-0.3, -0.25) is 9.69 Å². The Kier molecular flexibility index (Phi) is 7.87. The molecule has 1 fully saturated rings. The van der Waals surface area contributed by atoms with Gasteiger partial charge in [0.15, 0.2) is 0 Å². The number of carbonyl (C=O) groups is 1. The van der Waals surface area contributed by atoms with E-state index in [0.29, 0.717) is 25.5 Å². The smallest absolute Gasteiger partial charge is 0.310 e. The van der Waals surface area contributed by atoms with Gasteiger partial charge in [-0.2, -0.15) is 0 Å². The molecule has 6 heteroatoms. The Morgan fingerprint density at radius 1 is 0.973 bits per heavy atom. The van der Waals surface area contributed by atoms with Gasteiger partial charge in [0.1, 0.15) is 17.9 Å². The van der Waals surface area contributed by atoms with Crippen molar-refractivity contribution in [2.24, 2.45) is 5.73 Å². The summed E-state index contributed by atoms with van der Waals surface area (Å²) in [7, 11) is 0. The summed E-state index contributed by atoms with van der Waals surface area (Å²) in [4.78, 5) is 14.6. The molecular weight excluding hydrogens is 464 g/mol. The van der Waals surface area contributed by atoms with Crippen molar-refractivity contribution in [2.45, 2.75) is 45.9 Å². The number of benzene rings is 3. The molecule has 5 rings (SSSR count). The summed E-state index contributed by atoms with van der Waals surface area (Å²) in [5, 5.41) is 1.05. The highest BCUT2D eigenvalue weighted by Gasteiger charge is 2.19. The molecule has 1 aromatic heterocycles. The molecule has 192 valence electrons. The molecule has 1 aliphatic rings. The normalized spacial score (nSPS) is 13.8. The van der Waals surface area contributed by atoms with Crippen molar-refractivity contribution in [1.82, 2.24) is 4.90 Å². The summed E-state index contributed by atoms with van der Waals surface area (Å²) in [5.41, 5.74) is 13.2. The van der Waals surface area contributed by atoms with E-state index in [4.69, 9.17) is 19.6 Å². The zero-order valence-corrected chi connectivity index (χ0v) is 21.4. The molecule has 0 bridgehead atoms. The molecule has 37 heavy (non-hydrogen) atoms. The van der Waals surface area contributed by atoms with Crippen LogP contribution in [-0.4, -0.2) is 30.6 Å². The Balaban J connectivity index is 1.47. The van der Waals surface area contributed by atoms with E-state index in [1.54, 1.807) is 6.26 Å². The number of hydrogen-bond acceptors (Lipinski definition) is 6. The SMILES string of the molecule is CCOC(=O)Cc1ccccc1OCc1coc2c(CN3CCCC3)cc(-c3cccc(CN)c3)cc12. The Morgan fingerprint density at radius 3 is 2.62 bits per heavy atom. The molecule has 0 amide bonds. The molecule has 4 aromatic rings. The zero-order valence-electron chi connectivity index (χ0n) is 21.4. The van der Waals surface area contributed by atoms with E-state index in [-0.39, 0.29) is 12.4 Å². The summed E-state index contributed by atoms with van der Waals surface area (Å²) in [6, 6.07) is 20.4. The second-order valence-corrected chi connectivity index (χ2v) is 9.54. The van der Waals surface area contributed by atoms with Gasteiger partial charge in [0, 0.05) is 35.2 Å². The van der Waals surface area contributed by atoms with Crippen LogP contribution in [0.3, 0.4) is 0 Å². The van der Waals surface area contributed by atoms with Gasteiger partial charge in [-0.25, -0.2) is 0 Å². The Hall–Kier alpha value is -3.61. The average molecular weight is 499 g/mol. The van der Waals surface area contributed by atoms with Crippen LogP contribution in [0.15, 0.2) is 71.3 Å². The third-order valence-corrected chi connectivity index (χ3v) is 6.92. The third-order valence-electron chi connectivity index (χ3n) is 6.92. The topological polar surface area (TPSA) is 77.9 Å². The Morgan fingerprint density at radius 2 is 1.81 bits per heavy atom. The fourth-order valence-corrected chi connectivity index (χ4v) is 5.03. The van der Waals surface area contributed by atoms with Gasteiger partial charge >= 0.3 is 5.97 Å². The first-order valence-electron chi connectivity index (χ1n) is 13.1. The van der Waals surface area contributed by atoms with Crippen LogP contribution < -0.4 is 10.5 Å². The maximum Gasteiger partial charge on any atom is 0.310 e. The fourth-order valence-electron chi connectivity index (χ4n) is 5.03. The molecule has 6 nitrogen and oxygen atoms in total. The van der Waals surface area contributed by atoms with E-state index in [0.717, 1.165) is 58.4 Å². The van der Waals surface area contributed by atoms with Gasteiger partial charge in [0.05, 0.1) is 19.3 Å². The molecule has 2 heterocycles. The Labute approximate surface area is 218 Å². The van der Waals surface area contributed by atoms with Crippen LogP contribution in [-0.2, 0) is 35.6 Å². The first-order valence-corrected chi connectivity index (χ1v) is 13.1. The lowest BCUT2D eigenvalue weighted by atomic mass is 9.97. The standard InChI is InChI=1S/C31H34N2O4/c1-2-35-30(34)17-24-9-3-4-11-29(24)36-20-27-21-37-31-26(19-33-12-5-6-13-33)15-25(16-28(27)31)23-10-7-8-22(14-23)18-32/h3-4,7-11,14-16,21H,2,5-6,12-13,17-20,32H2,1H3. The number of nitrogens with zero attached hydrogens (tertiary/aromatic N) is 1. The minimum Gasteiger partial charge on any atom is -0.488 e. The van der Waals surface area contributed by atoms with E-state index in [2.05, 4.69) is 41.3 Å². The fraction of sp³-hybridized carbons (Fsp3) is 0.323. The van der Waals surface area contributed by atoms with Crippen molar-refractivity contribution in [2.75, 3.05) is 19.7 Å². The van der Waals surface area contributed by atoms with E-state index in [1.807, 2.05) is 31.2 Å². The number of para-hydroxylation sites is 1. The maximum absolute atomic E-state index is 12.1. The highest BCUT2D eigenvalue weighted by molar-refractivity contribution is 5.89. The second-order valence-electron chi connectivity index (χ2n) is 9.54. The van der Waals surface area contributed by atoms with Crippen molar-refractivity contribution in [3.63, 3.8) is 0 Å². The highest BCUT2D eigenvalue weighted by Crippen LogP contribution is 2.34. The van der Waals surface area contributed by atoms with Crippen LogP contribution in [0.2, 0.25) is 0 Å². The molecule has 1 saturated heterocycles. The van der Waals surface area contributed by atoms with E-state index in [9.17, 15) is 4.79 Å². The number of ether oxygens (including phenoxy) is 2. The van der Waals surface area contributed by atoms with Gasteiger partial charge in [0.25, 0.3) is 0 Å². The van der Waals surface area contributed by atoms with Gasteiger partial charge in [-0.15, -0.1) is 0 Å². The quantitative estimate of drug-likeness (QED) is 0.277. The summed E-state index contributed by atoms with van der Waals surface area (Å²) in [6.45, 7) is 6.10. The summed E-state index contributed by atoms with van der Waals surface area (Å²) in [5.74, 6) is 0.414. The van der Waals surface area contributed by atoms with Gasteiger partial charge in [0.2, 0.25) is 0 Å². The number of furan rings is 1. The number of nitrogens with two attached hydrogens (primary N) is 1. The van der Waals surface area contributed by atoms with Crippen molar-refractivity contribution in [1.29, 1.82) is 0 Å². The zero-order chi connectivity index (χ0) is 25.6. The molecule has 2 N–H and O–H groups in total. The number of fused-ring (bicyclic) bond motifs is 1. The van der Waals surface area contributed by atoms with E-state index >= 15 is 0 Å². The lowest BCUT2D eigenvalue weighted by Gasteiger charge is -2.16. The monoisotopic (exact) mass is 498 g/mol. The third kappa shape index (κ3) is 5.87. The number of hydrogen-bond donors (Lipinski definition) is 1. The molecule has 0 atom stereocenters. The average Bonchev–Trinajstić information content (AvgIpc) is 3.58. The predicted molar refractivity (Wildman–Crippen MR) is 145 cm³/mol. The van der Waals surface area contributed by atoms with Gasteiger partial charge in [-0.05, 0) is 73.8 Å². The number of rotatable bonds is 10. The lowest BCUT2D eigenvalue weighted by Crippen LogP contribution is -2.18.